The van der Waals surface area contributed by atoms with E-state index in [0.29, 0.717) is 24.7 Å². The molecule has 0 amide bonds. The van der Waals surface area contributed by atoms with Gasteiger partial charge in [0, 0.05) is 25.1 Å². The van der Waals surface area contributed by atoms with Crippen molar-refractivity contribution in [2.45, 2.75) is 26.9 Å². The summed E-state index contributed by atoms with van der Waals surface area (Å²) < 4.78 is 1.60. The summed E-state index contributed by atoms with van der Waals surface area (Å²) in [6.07, 6.45) is 4.98. The molecule has 0 aliphatic carbocycles. The molecule has 0 saturated heterocycles. The van der Waals surface area contributed by atoms with Gasteiger partial charge in [0.2, 0.25) is 0 Å². The lowest BCUT2D eigenvalue weighted by Gasteiger charge is -2.07. The molecule has 2 rings (SSSR count). The predicted molar refractivity (Wildman–Crippen MR) is 68.3 cm³/mol. The van der Waals surface area contributed by atoms with Crippen LogP contribution in [-0.4, -0.2) is 19.5 Å². The lowest BCUT2D eigenvalue weighted by molar-refractivity contribution is 0.718. The molecule has 0 radical (unpaired) electrons. The SMILES string of the molecule is CCn1ccnc(NCc2ccnc(C)n2)c1=O. The number of nitrogens with one attached hydrogen (secondary N) is 1. The molecule has 6 heteroatoms. The molecule has 0 aliphatic rings. The van der Waals surface area contributed by atoms with Crippen LogP contribution < -0.4 is 10.9 Å². The van der Waals surface area contributed by atoms with Gasteiger partial charge in [0.1, 0.15) is 5.82 Å². The van der Waals surface area contributed by atoms with Crippen molar-refractivity contribution in [3.8, 4) is 0 Å². The molecule has 0 unspecified atom stereocenters. The van der Waals surface area contributed by atoms with E-state index in [1.165, 1.54) is 0 Å². The highest BCUT2D eigenvalue weighted by atomic mass is 16.1. The molecule has 6 nitrogen and oxygen atoms in total. The van der Waals surface area contributed by atoms with Crippen molar-refractivity contribution >= 4 is 5.82 Å². The van der Waals surface area contributed by atoms with Gasteiger partial charge in [-0.15, -0.1) is 0 Å². The van der Waals surface area contributed by atoms with Crippen molar-refractivity contribution in [1.82, 2.24) is 19.5 Å². The third-order valence-corrected chi connectivity index (χ3v) is 2.53. The van der Waals surface area contributed by atoms with E-state index >= 15 is 0 Å². The zero-order valence-electron chi connectivity index (χ0n) is 10.4. The average molecular weight is 245 g/mol. The Morgan fingerprint density at radius 1 is 1.33 bits per heavy atom. The number of anilines is 1. The van der Waals surface area contributed by atoms with Crippen LogP contribution in [0.5, 0.6) is 0 Å². The van der Waals surface area contributed by atoms with Gasteiger partial charge in [-0.05, 0) is 19.9 Å². The highest BCUT2D eigenvalue weighted by Crippen LogP contribution is 1.99. The topological polar surface area (TPSA) is 72.7 Å². The average Bonchev–Trinajstić information content (AvgIpc) is 2.38. The van der Waals surface area contributed by atoms with Crippen LogP contribution in [0.15, 0.2) is 29.5 Å². The second kappa shape index (κ2) is 5.39. The summed E-state index contributed by atoms with van der Waals surface area (Å²) in [6, 6.07) is 1.81. The van der Waals surface area contributed by atoms with Crippen LogP contribution >= 0.6 is 0 Å². The first kappa shape index (κ1) is 12.2. The Balaban J connectivity index is 2.13. The summed E-state index contributed by atoms with van der Waals surface area (Å²) in [4.78, 5) is 24.2. The summed E-state index contributed by atoms with van der Waals surface area (Å²) in [5, 5.41) is 3.00. The molecule has 0 spiro atoms. The van der Waals surface area contributed by atoms with E-state index in [4.69, 9.17) is 0 Å². The van der Waals surface area contributed by atoms with Gasteiger partial charge in [0.15, 0.2) is 5.82 Å². The number of hydrogen-bond donors (Lipinski definition) is 1. The van der Waals surface area contributed by atoms with Crippen molar-refractivity contribution in [3.05, 3.63) is 46.5 Å². The third kappa shape index (κ3) is 2.71. The quantitative estimate of drug-likeness (QED) is 0.869. The Morgan fingerprint density at radius 3 is 2.89 bits per heavy atom. The second-order valence-corrected chi connectivity index (χ2v) is 3.82. The smallest absolute Gasteiger partial charge is 0.293 e. The molecule has 0 aliphatic heterocycles. The Kier molecular flexibility index (Phi) is 3.66. The Labute approximate surface area is 105 Å². The van der Waals surface area contributed by atoms with Gasteiger partial charge >= 0.3 is 0 Å². The Bertz CT molecular complexity index is 593. The van der Waals surface area contributed by atoms with Crippen LogP contribution in [0.1, 0.15) is 18.4 Å². The van der Waals surface area contributed by atoms with Crippen molar-refractivity contribution in [2.75, 3.05) is 5.32 Å². The molecular weight excluding hydrogens is 230 g/mol. The summed E-state index contributed by atoms with van der Waals surface area (Å²) in [6.45, 7) is 4.83. The zero-order chi connectivity index (χ0) is 13.0. The zero-order valence-corrected chi connectivity index (χ0v) is 10.4. The molecule has 1 N–H and O–H groups in total. The van der Waals surface area contributed by atoms with Gasteiger partial charge in [-0.3, -0.25) is 4.79 Å². The van der Waals surface area contributed by atoms with Crippen molar-refractivity contribution in [3.63, 3.8) is 0 Å². The largest absolute Gasteiger partial charge is 0.360 e. The van der Waals surface area contributed by atoms with Crippen molar-refractivity contribution in [1.29, 1.82) is 0 Å². The minimum absolute atomic E-state index is 0.120. The van der Waals surface area contributed by atoms with Gasteiger partial charge < -0.3 is 9.88 Å². The molecule has 0 bridgehead atoms. The fraction of sp³-hybridized carbons (Fsp3) is 0.333. The summed E-state index contributed by atoms with van der Waals surface area (Å²) in [5.74, 6) is 1.05. The maximum atomic E-state index is 11.9. The maximum absolute atomic E-state index is 11.9. The van der Waals surface area contributed by atoms with Gasteiger partial charge in [-0.1, -0.05) is 0 Å². The van der Waals surface area contributed by atoms with E-state index in [2.05, 4.69) is 20.3 Å². The van der Waals surface area contributed by atoms with E-state index in [1.54, 1.807) is 29.2 Å². The second-order valence-electron chi connectivity index (χ2n) is 3.82. The van der Waals surface area contributed by atoms with Gasteiger partial charge in [0.25, 0.3) is 5.56 Å². The molecule has 94 valence electrons. The number of hydrogen-bond acceptors (Lipinski definition) is 5. The first-order chi connectivity index (χ1) is 8.70. The minimum atomic E-state index is -0.120. The van der Waals surface area contributed by atoms with Crippen molar-refractivity contribution < 1.29 is 0 Å². The summed E-state index contributed by atoms with van der Waals surface area (Å²) >= 11 is 0. The molecule has 18 heavy (non-hydrogen) atoms. The molecule has 0 saturated carbocycles. The fourth-order valence-electron chi connectivity index (χ4n) is 1.60. The monoisotopic (exact) mass is 245 g/mol. The first-order valence-electron chi connectivity index (χ1n) is 5.78. The molecule has 0 aromatic carbocycles. The van der Waals surface area contributed by atoms with Crippen molar-refractivity contribution in [2.24, 2.45) is 0 Å². The lowest BCUT2D eigenvalue weighted by Crippen LogP contribution is -2.23. The molecule has 0 atom stereocenters. The van der Waals surface area contributed by atoms with Gasteiger partial charge in [0.05, 0.1) is 12.2 Å². The van der Waals surface area contributed by atoms with E-state index in [9.17, 15) is 4.79 Å². The number of aryl methyl sites for hydroxylation is 2. The number of nitrogens with zero attached hydrogens (tertiary/aromatic N) is 4. The molecular formula is C12H15N5O. The van der Waals surface area contributed by atoms with Crippen LogP contribution in [0.4, 0.5) is 5.82 Å². The summed E-state index contributed by atoms with van der Waals surface area (Å²) in [5.41, 5.74) is 0.710. The van der Waals surface area contributed by atoms with Crippen LogP contribution in [0.3, 0.4) is 0 Å². The number of rotatable bonds is 4. The summed E-state index contributed by atoms with van der Waals surface area (Å²) in [7, 11) is 0. The standard InChI is InChI=1S/C12H15N5O/c1-3-17-7-6-14-11(12(17)18)15-8-10-4-5-13-9(2)16-10/h4-7H,3,8H2,1-2H3,(H,14,15). The van der Waals surface area contributed by atoms with Crippen LogP contribution in [0, 0.1) is 6.92 Å². The Hall–Kier alpha value is -2.24. The Morgan fingerprint density at radius 2 is 2.17 bits per heavy atom. The minimum Gasteiger partial charge on any atom is -0.360 e. The van der Waals surface area contributed by atoms with Crippen LogP contribution in [0.2, 0.25) is 0 Å². The normalized spacial score (nSPS) is 10.3. The predicted octanol–water partition coefficient (Wildman–Crippen LogP) is 0.974. The van der Waals surface area contributed by atoms with Crippen LogP contribution in [0.25, 0.3) is 0 Å². The van der Waals surface area contributed by atoms with E-state index in [-0.39, 0.29) is 5.56 Å². The molecule has 2 aromatic rings. The van der Waals surface area contributed by atoms with E-state index in [1.807, 2.05) is 13.8 Å². The highest BCUT2D eigenvalue weighted by molar-refractivity contribution is 5.31. The third-order valence-electron chi connectivity index (χ3n) is 2.53. The fourth-order valence-corrected chi connectivity index (χ4v) is 1.60. The molecule has 0 fully saturated rings. The molecule has 2 aromatic heterocycles. The van der Waals surface area contributed by atoms with E-state index in [0.717, 1.165) is 5.69 Å². The first-order valence-corrected chi connectivity index (χ1v) is 5.78. The molecule has 2 heterocycles. The van der Waals surface area contributed by atoms with Crippen LogP contribution in [-0.2, 0) is 13.1 Å². The van der Waals surface area contributed by atoms with Gasteiger partial charge in [-0.2, -0.15) is 0 Å². The highest BCUT2D eigenvalue weighted by Gasteiger charge is 2.03. The lowest BCUT2D eigenvalue weighted by atomic mass is 10.4. The maximum Gasteiger partial charge on any atom is 0.293 e. The van der Waals surface area contributed by atoms with E-state index < -0.39 is 0 Å². The van der Waals surface area contributed by atoms with Gasteiger partial charge in [-0.25, -0.2) is 15.0 Å². The number of aromatic nitrogens is 4.